The molecule has 4 bridgehead atoms. The van der Waals surface area contributed by atoms with Gasteiger partial charge in [-0.1, -0.05) is 0 Å². The number of amides is 1. The molecule has 28 heavy (non-hydrogen) atoms. The van der Waals surface area contributed by atoms with Crippen molar-refractivity contribution < 1.29 is 4.79 Å². The molecule has 4 aliphatic carbocycles. The van der Waals surface area contributed by atoms with Gasteiger partial charge >= 0.3 is 0 Å². The van der Waals surface area contributed by atoms with Crippen molar-refractivity contribution in [1.82, 2.24) is 25.3 Å². The second-order valence-electron chi connectivity index (χ2n) is 9.10. The second kappa shape index (κ2) is 7.18. The number of carbonyl (C=O) groups is 1. The summed E-state index contributed by atoms with van der Waals surface area (Å²) in [6, 6.07) is 5.59. The summed E-state index contributed by atoms with van der Waals surface area (Å²) in [4.78, 5) is 12.5. The summed E-state index contributed by atoms with van der Waals surface area (Å²) in [5.74, 6) is 4.27. The first-order valence-corrected chi connectivity index (χ1v) is 10.5. The molecule has 0 saturated heterocycles. The Labute approximate surface area is 165 Å². The van der Waals surface area contributed by atoms with E-state index >= 15 is 0 Å². The first-order valence-electron chi connectivity index (χ1n) is 10.5. The number of carbonyl (C=O) groups excluding carboxylic acids is 1. The molecular formula is C21H28N6O. The molecule has 0 radical (unpaired) electrons. The van der Waals surface area contributed by atoms with Gasteiger partial charge in [-0.2, -0.15) is 5.10 Å². The van der Waals surface area contributed by atoms with E-state index in [9.17, 15) is 4.79 Å². The molecule has 2 aromatic rings. The topological polar surface area (TPSA) is 84.7 Å². The zero-order valence-corrected chi connectivity index (χ0v) is 16.2. The predicted octanol–water partition coefficient (Wildman–Crippen LogP) is 2.80. The maximum Gasteiger partial charge on any atom is 0.220 e. The van der Waals surface area contributed by atoms with E-state index in [-0.39, 0.29) is 5.91 Å². The third-order valence-corrected chi connectivity index (χ3v) is 6.84. The van der Waals surface area contributed by atoms with E-state index in [1.807, 2.05) is 24.4 Å². The van der Waals surface area contributed by atoms with Crippen molar-refractivity contribution in [2.75, 3.05) is 18.4 Å². The highest BCUT2D eigenvalue weighted by molar-refractivity contribution is 5.76. The van der Waals surface area contributed by atoms with Gasteiger partial charge in [0.05, 0.1) is 0 Å². The third-order valence-electron chi connectivity index (χ3n) is 6.84. The third kappa shape index (κ3) is 3.62. The van der Waals surface area contributed by atoms with Crippen molar-refractivity contribution in [2.45, 2.75) is 44.9 Å². The molecule has 0 spiro atoms. The Morgan fingerprint density at radius 2 is 1.82 bits per heavy atom. The van der Waals surface area contributed by atoms with Crippen LogP contribution in [0.3, 0.4) is 0 Å². The van der Waals surface area contributed by atoms with Crippen LogP contribution in [0.5, 0.6) is 0 Å². The van der Waals surface area contributed by atoms with E-state index in [2.05, 4.69) is 25.9 Å². The lowest BCUT2D eigenvalue weighted by molar-refractivity contribution is -0.129. The smallest absolute Gasteiger partial charge is 0.220 e. The molecule has 7 nitrogen and oxygen atoms in total. The maximum atomic E-state index is 12.5. The van der Waals surface area contributed by atoms with Gasteiger partial charge in [0, 0.05) is 31.9 Å². The van der Waals surface area contributed by atoms with Crippen LogP contribution in [0.15, 0.2) is 30.6 Å². The maximum absolute atomic E-state index is 12.5. The summed E-state index contributed by atoms with van der Waals surface area (Å²) in [6.45, 7) is 1.25. The largest absolute Gasteiger partial charge is 0.367 e. The average molecular weight is 380 g/mol. The van der Waals surface area contributed by atoms with Gasteiger partial charge in [-0.15, -0.1) is 10.2 Å². The van der Waals surface area contributed by atoms with Crippen LogP contribution < -0.4 is 10.6 Å². The Morgan fingerprint density at radius 3 is 2.43 bits per heavy atom. The number of hydrogen-bond donors (Lipinski definition) is 2. The number of rotatable bonds is 7. The van der Waals surface area contributed by atoms with Gasteiger partial charge < -0.3 is 10.6 Å². The van der Waals surface area contributed by atoms with Crippen LogP contribution in [-0.4, -0.2) is 39.0 Å². The van der Waals surface area contributed by atoms with Crippen molar-refractivity contribution in [3.8, 4) is 5.82 Å². The van der Waals surface area contributed by atoms with Crippen LogP contribution >= 0.6 is 0 Å². The van der Waals surface area contributed by atoms with Gasteiger partial charge in [-0.05, 0) is 79.9 Å². The fraction of sp³-hybridized carbons (Fsp3) is 0.619. The molecule has 4 fully saturated rings. The summed E-state index contributed by atoms with van der Waals surface area (Å²) in [7, 11) is 0. The molecule has 7 heteroatoms. The minimum Gasteiger partial charge on any atom is -0.367 e. The predicted molar refractivity (Wildman–Crippen MR) is 106 cm³/mol. The molecule has 0 aromatic carbocycles. The van der Waals surface area contributed by atoms with Gasteiger partial charge in [0.2, 0.25) is 5.91 Å². The minimum absolute atomic E-state index is 0.212. The van der Waals surface area contributed by atoms with E-state index in [0.29, 0.717) is 30.1 Å². The van der Waals surface area contributed by atoms with Crippen molar-refractivity contribution in [2.24, 2.45) is 23.2 Å². The summed E-state index contributed by atoms with van der Waals surface area (Å²) >= 11 is 0. The molecular weight excluding hydrogens is 352 g/mol. The SMILES string of the molecule is O=C(CC12CC3CC(CC(C3)C1)C2)NCCNc1ccc(-n2cccn2)nn1. The van der Waals surface area contributed by atoms with E-state index in [4.69, 9.17) is 0 Å². The van der Waals surface area contributed by atoms with E-state index in [1.165, 1.54) is 38.5 Å². The van der Waals surface area contributed by atoms with Crippen LogP contribution in [-0.2, 0) is 4.79 Å². The lowest BCUT2D eigenvalue weighted by atomic mass is 9.49. The fourth-order valence-corrected chi connectivity index (χ4v) is 6.25. The van der Waals surface area contributed by atoms with Crippen LogP contribution in [0, 0.1) is 23.2 Å². The number of anilines is 1. The summed E-state index contributed by atoms with van der Waals surface area (Å²) in [5.41, 5.74) is 0.306. The fourth-order valence-electron chi connectivity index (χ4n) is 6.25. The molecule has 6 rings (SSSR count). The van der Waals surface area contributed by atoms with Gasteiger partial charge in [-0.25, -0.2) is 4.68 Å². The second-order valence-corrected chi connectivity index (χ2v) is 9.10. The standard InChI is InChI=1S/C21H28N6O/c28-20(14-21-11-15-8-16(12-21)10-17(9-15)13-21)23-6-5-22-18-2-3-19(26-25-18)27-7-1-4-24-27/h1-4,7,15-17H,5-6,8-14H2,(H,22,25)(H,23,28). The Morgan fingerprint density at radius 1 is 1.07 bits per heavy atom. The lowest BCUT2D eigenvalue weighted by Crippen LogP contribution is -2.48. The van der Waals surface area contributed by atoms with Crippen LogP contribution in [0.4, 0.5) is 5.82 Å². The average Bonchev–Trinajstić information content (AvgIpc) is 3.19. The molecule has 0 aliphatic heterocycles. The number of nitrogens with zero attached hydrogens (tertiary/aromatic N) is 4. The van der Waals surface area contributed by atoms with Crippen molar-refractivity contribution >= 4 is 11.7 Å². The van der Waals surface area contributed by atoms with Crippen molar-refractivity contribution in [1.29, 1.82) is 0 Å². The van der Waals surface area contributed by atoms with Crippen LogP contribution in [0.25, 0.3) is 5.82 Å². The molecule has 2 N–H and O–H groups in total. The van der Waals surface area contributed by atoms with Crippen LogP contribution in [0.1, 0.15) is 44.9 Å². The highest BCUT2D eigenvalue weighted by Crippen LogP contribution is 2.61. The first-order chi connectivity index (χ1) is 13.7. The Bertz CT molecular complexity index is 781. The monoisotopic (exact) mass is 380 g/mol. The molecule has 0 atom stereocenters. The molecule has 1 amide bonds. The zero-order chi connectivity index (χ0) is 19.0. The van der Waals surface area contributed by atoms with E-state index in [1.54, 1.807) is 10.9 Å². The highest BCUT2D eigenvalue weighted by Gasteiger charge is 2.51. The quantitative estimate of drug-likeness (QED) is 0.722. The summed E-state index contributed by atoms with van der Waals surface area (Å²) in [5, 5.41) is 18.8. The van der Waals surface area contributed by atoms with Gasteiger partial charge in [0.15, 0.2) is 5.82 Å². The Balaban J connectivity index is 1.07. The number of aromatic nitrogens is 4. The molecule has 4 aliphatic rings. The Hall–Kier alpha value is -2.44. The molecule has 4 saturated carbocycles. The Kier molecular flexibility index (Phi) is 4.53. The molecule has 148 valence electrons. The summed E-state index contributed by atoms with van der Waals surface area (Å²) < 4.78 is 1.67. The number of nitrogens with one attached hydrogen (secondary N) is 2. The van der Waals surface area contributed by atoms with E-state index in [0.717, 1.165) is 24.2 Å². The molecule has 0 unspecified atom stereocenters. The highest BCUT2D eigenvalue weighted by atomic mass is 16.1. The number of hydrogen-bond acceptors (Lipinski definition) is 5. The summed E-state index contributed by atoms with van der Waals surface area (Å²) in [6.07, 6.45) is 12.4. The van der Waals surface area contributed by atoms with Gasteiger partial charge in [-0.3, -0.25) is 4.79 Å². The van der Waals surface area contributed by atoms with Crippen molar-refractivity contribution in [3.63, 3.8) is 0 Å². The van der Waals surface area contributed by atoms with E-state index < -0.39 is 0 Å². The zero-order valence-electron chi connectivity index (χ0n) is 16.2. The van der Waals surface area contributed by atoms with Crippen molar-refractivity contribution in [3.05, 3.63) is 30.6 Å². The normalized spacial score (nSPS) is 30.4. The first kappa shape index (κ1) is 17.6. The van der Waals surface area contributed by atoms with Gasteiger partial charge in [0.25, 0.3) is 0 Å². The molecule has 2 aromatic heterocycles. The van der Waals surface area contributed by atoms with Crippen LogP contribution in [0.2, 0.25) is 0 Å². The lowest BCUT2D eigenvalue weighted by Gasteiger charge is -2.56. The van der Waals surface area contributed by atoms with Gasteiger partial charge in [0.1, 0.15) is 5.82 Å². The molecule has 2 heterocycles. The minimum atomic E-state index is 0.212.